The number of aromatic nitrogens is 3. The Labute approximate surface area is 185 Å². The molecule has 8 nitrogen and oxygen atoms in total. The summed E-state index contributed by atoms with van der Waals surface area (Å²) in [5.74, 6) is 1.85. The van der Waals surface area contributed by atoms with Crippen LogP contribution in [0.25, 0.3) is 32.2 Å². The Kier molecular flexibility index (Phi) is 4.32. The van der Waals surface area contributed by atoms with Crippen LogP contribution < -0.4 is 20.5 Å². The molecule has 0 fully saturated rings. The van der Waals surface area contributed by atoms with Crippen molar-refractivity contribution < 1.29 is 9.47 Å². The SMILES string of the molecule is O=c1[nH]c2cc3c(cc2cc1/C=N/Nc1ncnc2scc(-c4ccccc4)c12)OCO3. The number of thiophene rings is 1. The molecule has 1 aliphatic heterocycles. The van der Waals surface area contributed by atoms with E-state index in [9.17, 15) is 4.79 Å². The first-order chi connectivity index (χ1) is 15.8. The van der Waals surface area contributed by atoms with Gasteiger partial charge in [-0.1, -0.05) is 30.3 Å². The summed E-state index contributed by atoms with van der Waals surface area (Å²) in [6.07, 6.45) is 2.97. The lowest BCUT2D eigenvalue weighted by Crippen LogP contribution is -2.12. The van der Waals surface area contributed by atoms with E-state index in [-0.39, 0.29) is 12.4 Å². The van der Waals surface area contributed by atoms with Crippen molar-refractivity contribution >= 4 is 44.5 Å². The van der Waals surface area contributed by atoms with Gasteiger partial charge in [-0.15, -0.1) is 11.3 Å². The molecule has 9 heteroatoms. The van der Waals surface area contributed by atoms with Gasteiger partial charge in [-0.3, -0.25) is 10.2 Å². The van der Waals surface area contributed by atoms with Gasteiger partial charge in [0.1, 0.15) is 11.2 Å². The fraction of sp³-hybridized carbons (Fsp3) is 0.0435. The Morgan fingerprint density at radius 1 is 1.09 bits per heavy atom. The second-order valence-corrected chi connectivity index (χ2v) is 7.99. The van der Waals surface area contributed by atoms with Crippen LogP contribution in [0.5, 0.6) is 11.5 Å². The molecule has 3 aromatic heterocycles. The van der Waals surface area contributed by atoms with Crippen LogP contribution in [0.1, 0.15) is 5.56 Å². The molecule has 0 spiro atoms. The fourth-order valence-electron chi connectivity index (χ4n) is 3.66. The molecule has 6 rings (SSSR count). The number of aromatic amines is 1. The normalized spacial score (nSPS) is 12.8. The number of nitrogens with one attached hydrogen (secondary N) is 2. The molecule has 2 aromatic carbocycles. The van der Waals surface area contributed by atoms with Crippen LogP contribution in [0.15, 0.2) is 70.1 Å². The molecule has 4 heterocycles. The molecule has 0 aliphatic carbocycles. The molecule has 0 saturated heterocycles. The van der Waals surface area contributed by atoms with Crippen LogP contribution in [0.4, 0.5) is 5.82 Å². The van der Waals surface area contributed by atoms with E-state index in [0.717, 1.165) is 26.7 Å². The largest absolute Gasteiger partial charge is 0.454 e. The number of hydrogen-bond acceptors (Lipinski definition) is 8. The summed E-state index contributed by atoms with van der Waals surface area (Å²) < 4.78 is 10.8. The van der Waals surface area contributed by atoms with E-state index in [1.54, 1.807) is 23.5 Å². The number of H-pyrrole nitrogens is 1. The average Bonchev–Trinajstić information content (AvgIpc) is 3.45. The van der Waals surface area contributed by atoms with Gasteiger partial charge in [-0.2, -0.15) is 5.10 Å². The zero-order valence-corrected chi connectivity index (χ0v) is 17.3. The molecule has 0 atom stereocenters. The standard InChI is InChI=1S/C23H15N5O3S/c29-22-15(6-14-7-18-19(31-12-30-18)8-17(14)27-22)9-26-28-21-20-16(13-4-2-1-3-5-13)10-32-23(20)25-11-24-21/h1-11H,12H2,(H,27,29)(H,24,25,28)/b26-9+. The van der Waals surface area contributed by atoms with E-state index in [4.69, 9.17) is 9.47 Å². The highest BCUT2D eigenvalue weighted by atomic mass is 32.1. The molecule has 0 unspecified atom stereocenters. The van der Waals surface area contributed by atoms with E-state index in [0.29, 0.717) is 28.4 Å². The van der Waals surface area contributed by atoms with Gasteiger partial charge in [0, 0.05) is 22.4 Å². The summed E-state index contributed by atoms with van der Waals surface area (Å²) in [7, 11) is 0. The third kappa shape index (κ3) is 3.15. The Balaban J connectivity index is 1.35. The maximum absolute atomic E-state index is 12.5. The highest BCUT2D eigenvalue weighted by Crippen LogP contribution is 2.37. The number of anilines is 1. The number of nitrogens with zero attached hydrogens (tertiary/aromatic N) is 3. The van der Waals surface area contributed by atoms with Crippen LogP contribution in [-0.4, -0.2) is 28.0 Å². The van der Waals surface area contributed by atoms with Crippen LogP contribution in [0.2, 0.25) is 0 Å². The molecule has 5 aromatic rings. The summed E-state index contributed by atoms with van der Waals surface area (Å²) in [6, 6.07) is 15.4. The number of rotatable bonds is 4. The summed E-state index contributed by atoms with van der Waals surface area (Å²) in [6.45, 7) is 0.176. The van der Waals surface area contributed by atoms with Crippen molar-refractivity contribution in [3.63, 3.8) is 0 Å². The molecule has 2 N–H and O–H groups in total. The van der Waals surface area contributed by atoms with Crippen molar-refractivity contribution in [1.82, 2.24) is 15.0 Å². The number of pyridine rings is 1. The minimum Gasteiger partial charge on any atom is -0.454 e. The Hall–Kier alpha value is -4.24. The fourth-order valence-corrected chi connectivity index (χ4v) is 4.58. The van der Waals surface area contributed by atoms with Gasteiger partial charge in [-0.05, 0) is 17.7 Å². The molecule has 0 amide bonds. The minimum atomic E-state index is -0.254. The summed E-state index contributed by atoms with van der Waals surface area (Å²) in [4.78, 5) is 25.0. The van der Waals surface area contributed by atoms with Crippen LogP contribution in [-0.2, 0) is 0 Å². The highest BCUT2D eigenvalue weighted by molar-refractivity contribution is 7.17. The van der Waals surface area contributed by atoms with Crippen molar-refractivity contribution in [2.75, 3.05) is 12.2 Å². The van der Waals surface area contributed by atoms with Gasteiger partial charge < -0.3 is 14.5 Å². The topological polar surface area (TPSA) is 101 Å². The maximum Gasteiger partial charge on any atom is 0.257 e. The third-order valence-electron chi connectivity index (χ3n) is 5.20. The number of hydrogen-bond donors (Lipinski definition) is 2. The van der Waals surface area contributed by atoms with Gasteiger partial charge >= 0.3 is 0 Å². The molecule has 0 bridgehead atoms. The van der Waals surface area contributed by atoms with Crippen molar-refractivity contribution in [3.8, 4) is 22.6 Å². The van der Waals surface area contributed by atoms with Crippen molar-refractivity contribution in [2.24, 2.45) is 5.10 Å². The zero-order valence-electron chi connectivity index (χ0n) is 16.5. The molecular formula is C23H15N5O3S. The minimum absolute atomic E-state index is 0.176. The molecule has 0 radical (unpaired) electrons. The monoisotopic (exact) mass is 441 g/mol. The summed E-state index contributed by atoms with van der Waals surface area (Å²) in [5, 5.41) is 8.05. The number of fused-ring (bicyclic) bond motifs is 3. The first kappa shape index (κ1) is 18.5. The van der Waals surface area contributed by atoms with E-state index >= 15 is 0 Å². The molecular weight excluding hydrogens is 426 g/mol. The van der Waals surface area contributed by atoms with Crippen LogP contribution in [0, 0.1) is 0 Å². The van der Waals surface area contributed by atoms with Crippen LogP contribution in [0.3, 0.4) is 0 Å². The van der Waals surface area contributed by atoms with Gasteiger partial charge in [-0.25, -0.2) is 9.97 Å². The number of benzene rings is 2. The van der Waals surface area contributed by atoms with Crippen molar-refractivity contribution in [3.05, 3.63) is 76.2 Å². The van der Waals surface area contributed by atoms with Crippen LogP contribution >= 0.6 is 11.3 Å². The lowest BCUT2D eigenvalue weighted by Gasteiger charge is -2.05. The van der Waals surface area contributed by atoms with E-state index in [2.05, 4.69) is 30.9 Å². The second kappa shape index (κ2) is 7.47. The Morgan fingerprint density at radius 2 is 1.94 bits per heavy atom. The molecule has 1 aliphatic rings. The smallest absolute Gasteiger partial charge is 0.257 e. The van der Waals surface area contributed by atoms with E-state index < -0.39 is 0 Å². The quantitative estimate of drug-likeness (QED) is 0.317. The average molecular weight is 441 g/mol. The first-order valence-electron chi connectivity index (χ1n) is 9.80. The maximum atomic E-state index is 12.5. The van der Waals surface area contributed by atoms with Gasteiger partial charge in [0.25, 0.3) is 5.56 Å². The first-order valence-corrected chi connectivity index (χ1v) is 10.7. The molecule has 0 saturated carbocycles. The predicted octanol–water partition coefficient (Wildman–Crippen LogP) is 4.37. The third-order valence-corrected chi connectivity index (χ3v) is 6.08. The Morgan fingerprint density at radius 3 is 2.81 bits per heavy atom. The Bertz CT molecular complexity index is 1560. The van der Waals surface area contributed by atoms with E-state index in [1.165, 1.54) is 12.5 Å². The number of hydrazone groups is 1. The summed E-state index contributed by atoms with van der Waals surface area (Å²) in [5.41, 5.74) is 5.91. The van der Waals surface area contributed by atoms with Crippen molar-refractivity contribution in [1.29, 1.82) is 0 Å². The second-order valence-electron chi connectivity index (χ2n) is 7.13. The predicted molar refractivity (Wildman–Crippen MR) is 125 cm³/mol. The van der Waals surface area contributed by atoms with E-state index in [1.807, 2.05) is 36.4 Å². The van der Waals surface area contributed by atoms with Crippen molar-refractivity contribution in [2.45, 2.75) is 0 Å². The highest BCUT2D eigenvalue weighted by Gasteiger charge is 2.15. The number of ether oxygens (including phenoxy) is 2. The van der Waals surface area contributed by atoms with Gasteiger partial charge in [0.05, 0.1) is 22.7 Å². The molecule has 156 valence electrons. The van der Waals surface area contributed by atoms with Gasteiger partial charge in [0.15, 0.2) is 17.3 Å². The zero-order chi connectivity index (χ0) is 21.5. The van der Waals surface area contributed by atoms with Gasteiger partial charge in [0.2, 0.25) is 6.79 Å². The lowest BCUT2D eigenvalue weighted by molar-refractivity contribution is 0.174. The molecule has 32 heavy (non-hydrogen) atoms. The summed E-state index contributed by atoms with van der Waals surface area (Å²) >= 11 is 1.55. The lowest BCUT2D eigenvalue weighted by atomic mass is 10.1.